The number of hydrogen-bond acceptors (Lipinski definition) is 6. The number of benzene rings is 2. The molecule has 1 saturated heterocycles. The molecule has 7 nitrogen and oxygen atoms in total. The first kappa shape index (κ1) is 17.0. The Hall–Kier alpha value is -3.48. The van der Waals surface area contributed by atoms with Crippen molar-refractivity contribution in [1.82, 2.24) is 15.1 Å². The number of amides is 1. The molecule has 0 aliphatic carbocycles. The molecule has 0 bridgehead atoms. The van der Waals surface area contributed by atoms with Crippen LogP contribution in [-0.2, 0) is 4.84 Å². The molecule has 1 aliphatic heterocycles. The van der Waals surface area contributed by atoms with E-state index in [2.05, 4.69) is 15.4 Å². The van der Waals surface area contributed by atoms with E-state index in [1.807, 2.05) is 54.6 Å². The molecule has 4 rings (SSSR count). The molecular formula is C20H18N4O3. The minimum Gasteiger partial charge on any atom is -0.426 e. The van der Waals surface area contributed by atoms with E-state index in [1.54, 1.807) is 4.90 Å². The lowest BCUT2D eigenvalue weighted by atomic mass is 10.0. The SMILES string of the molecule is CON=C1CC(c2nnco2)N(C(=O)c2ccc(-c3ccccc3)cc2)C1. The van der Waals surface area contributed by atoms with Gasteiger partial charge in [0.05, 0.1) is 12.3 Å². The molecule has 27 heavy (non-hydrogen) atoms. The van der Waals surface area contributed by atoms with Gasteiger partial charge in [-0.3, -0.25) is 4.79 Å². The second kappa shape index (κ2) is 7.41. The second-order valence-corrected chi connectivity index (χ2v) is 6.21. The molecule has 0 N–H and O–H groups in total. The molecule has 1 aliphatic rings. The third-order valence-electron chi connectivity index (χ3n) is 4.54. The second-order valence-electron chi connectivity index (χ2n) is 6.21. The van der Waals surface area contributed by atoms with Crippen LogP contribution in [0.2, 0.25) is 0 Å². The molecule has 1 unspecified atom stereocenters. The van der Waals surface area contributed by atoms with Crippen LogP contribution >= 0.6 is 0 Å². The maximum atomic E-state index is 13.1. The lowest BCUT2D eigenvalue weighted by molar-refractivity contribution is 0.0719. The molecule has 2 aromatic carbocycles. The molecule has 0 saturated carbocycles. The highest BCUT2D eigenvalue weighted by Gasteiger charge is 2.37. The highest BCUT2D eigenvalue weighted by Crippen LogP contribution is 2.31. The molecule has 0 radical (unpaired) electrons. The van der Waals surface area contributed by atoms with E-state index in [-0.39, 0.29) is 11.9 Å². The third kappa shape index (κ3) is 3.44. The smallest absolute Gasteiger partial charge is 0.254 e. The fourth-order valence-electron chi connectivity index (χ4n) is 3.26. The molecular weight excluding hydrogens is 344 g/mol. The lowest BCUT2D eigenvalue weighted by Gasteiger charge is -2.21. The summed E-state index contributed by atoms with van der Waals surface area (Å²) in [4.78, 5) is 19.6. The Bertz CT molecular complexity index is 937. The summed E-state index contributed by atoms with van der Waals surface area (Å²) in [6.45, 7) is 0.361. The molecule has 0 spiro atoms. The Morgan fingerprint density at radius 1 is 1.15 bits per heavy atom. The van der Waals surface area contributed by atoms with Crippen LogP contribution in [0.1, 0.15) is 28.7 Å². The largest absolute Gasteiger partial charge is 0.426 e. The number of nitrogens with zero attached hydrogens (tertiary/aromatic N) is 4. The van der Waals surface area contributed by atoms with Gasteiger partial charge in [-0.2, -0.15) is 0 Å². The predicted octanol–water partition coefficient (Wildman–Crippen LogP) is 3.33. The van der Waals surface area contributed by atoms with Gasteiger partial charge in [0.2, 0.25) is 12.3 Å². The number of hydrogen-bond donors (Lipinski definition) is 0. The van der Waals surface area contributed by atoms with Crippen molar-refractivity contribution >= 4 is 11.6 Å². The van der Waals surface area contributed by atoms with Gasteiger partial charge in [-0.15, -0.1) is 10.2 Å². The molecule has 2 heterocycles. The van der Waals surface area contributed by atoms with Crippen LogP contribution in [0, 0.1) is 0 Å². The summed E-state index contributed by atoms with van der Waals surface area (Å²) < 4.78 is 5.33. The first-order chi connectivity index (χ1) is 13.3. The number of rotatable bonds is 4. The maximum Gasteiger partial charge on any atom is 0.254 e. The summed E-state index contributed by atoms with van der Waals surface area (Å²) in [5.41, 5.74) is 3.52. The van der Waals surface area contributed by atoms with Crippen LogP contribution in [-0.4, -0.2) is 40.4 Å². The topological polar surface area (TPSA) is 80.8 Å². The van der Waals surface area contributed by atoms with Crippen molar-refractivity contribution < 1.29 is 14.0 Å². The Kier molecular flexibility index (Phi) is 4.65. The van der Waals surface area contributed by atoms with E-state index in [9.17, 15) is 4.79 Å². The fourth-order valence-corrected chi connectivity index (χ4v) is 3.26. The highest BCUT2D eigenvalue weighted by molar-refractivity contribution is 6.00. The van der Waals surface area contributed by atoms with Crippen LogP contribution in [0.5, 0.6) is 0 Å². The average molecular weight is 362 g/mol. The third-order valence-corrected chi connectivity index (χ3v) is 4.54. The summed E-state index contributed by atoms with van der Waals surface area (Å²) in [5, 5.41) is 11.7. The molecule has 3 aromatic rings. The van der Waals surface area contributed by atoms with Gasteiger partial charge >= 0.3 is 0 Å². The number of likely N-dealkylation sites (tertiary alicyclic amines) is 1. The van der Waals surface area contributed by atoms with Gasteiger partial charge in [0, 0.05) is 12.0 Å². The number of carbonyl (C=O) groups is 1. The molecule has 7 heteroatoms. The highest BCUT2D eigenvalue weighted by atomic mass is 16.6. The van der Waals surface area contributed by atoms with E-state index < -0.39 is 0 Å². The van der Waals surface area contributed by atoms with Gasteiger partial charge in [0.15, 0.2) is 0 Å². The van der Waals surface area contributed by atoms with E-state index in [1.165, 1.54) is 13.5 Å². The molecule has 1 aromatic heterocycles. The summed E-state index contributed by atoms with van der Waals surface area (Å²) in [7, 11) is 1.49. The van der Waals surface area contributed by atoms with Crippen LogP contribution < -0.4 is 0 Å². The quantitative estimate of drug-likeness (QED) is 0.665. The van der Waals surface area contributed by atoms with Crippen molar-refractivity contribution in [3.8, 4) is 11.1 Å². The summed E-state index contributed by atoms with van der Waals surface area (Å²) in [6.07, 6.45) is 1.77. The molecule has 1 fully saturated rings. The zero-order chi connectivity index (χ0) is 18.6. The van der Waals surface area contributed by atoms with Gasteiger partial charge in [-0.25, -0.2) is 0 Å². The minimum absolute atomic E-state index is 0.112. The van der Waals surface area contributed by atoms with Crippen molar-refractivity contribution in [2.75, 3.05) is 13.7 Å². The van der Waals surface area contributed by atoms with Crippen molar-refractivity contribution in [3.63, 3.8) is 0 Å². The van der Waals surface area contributed by atoms with Gasteiger partial charge in [0.25, 0.3) is 5.91 Å². The first-order valence-electron chi connectivity index (χ1n) is 8.57. The van der Waals surface area contributed by atoms with Gasteiger partial charge in [0.1, 0.15) is 13.2 Å². The number of carbonyl (C=O) groups excluding carboxylic acids is 1. The predicted molar refractivity (Wildman–Crippen MR) is 99.0 cm³/mol. The van der Waals surface area contributed by atoms with E-state index in [0.717, 1.165) is 16.8 Å². The monoisotopic (exact) mass is 362 g/mol. The molecule has 1 amide bonds. The minimum atomic E-state index is -0.345. The maximum absolute atomic E-state index is 13.1. The van der Waals surface area contributed by atoms with Crippen LogP contribution in [0.25, 0.3) is 11.1 Å². The van der Waals surface area contributed by atoms with Gasteiger partial charge < -0.3 is 14.2 Å². The molecule has 136 valence electrons. The fraction of sp³-hybridized carbons (Fsp3) is 0.200. The van der Waals surface area contributed by atoms with Crippen LogP contribution in [0.4, 0.5) is 0 Å². The summed E-state index contributed by atoms with van der Waals surface area (Å²) >= 11 is 0. The zero-order valence-corrected chi connectivity index (χ0v) is 14.8. The Labute approximate surface area is 156 Å². The van der Waals surface area contributed by atoms with Crippen molar-refractivity contribution in [2.24, 2.45) is 5.16 Å². The van der Waals surface area contributed by atoms with Crippen molar-refractivity contribution in [2.45, 2.75) is 12.5 Å². The number of aromatic nitrogens is 2. The van der Waals surface area contributed by atoms with Crippen LogP contribution in [0.3, 0.4) is 0 Å². The Morgan fingerprint density at radius 2 is 1.89 bits per heavy atom. The van der Waals surface area contributed by atoms with Crippen LogP contribution in [0.15, 0.2) is 70.6 Å². The van der Waals surface area contributed by atoms with Crippen molar-refractivity contribution in [3.05, 3.63) is 72.4 Å². The normalized spacial score (nSPS) is 18.0. The summed E-state index contributed by atoms with van der Waals surface area (Å²) in [6, 6.07) is 17.3. The van der Waals surface area contributed by atoms with E-state index >= 15 is 0 Å². The summed E-state index contributed by atoms with van der Waals surface area (Å²) in [5.74, 6) is 0.282. The zero-order valence-electron chi connectivity index (χ0n) is 14.8. The first-order valence-corrected chi connectivity index (χ1v) is 8.57. The average Bonchev–Trinajstić information content (AvgIpc) is 3.38. The standard InChI is InChI=1S/C20H18N4O3/c1-26-23-17-11-18(19-22-21-13-27-19)24(12-17)20(25)16-9-7-15(8-10-16)14-5-3-2-4-6-14/h2-10,13,18H,11-12H2,1H3. The van der Waals surface area contributed by atoms with E-state index in [4.69, 9.17) is 9.25 Å². The van der Waals surface area contributed by atoms with E-state index in [0.29, 0.717) is 24.4 Å². The Morgan fingerprint density at radius 3 is 2.56 bits per heavy atom. The van der Waals surface area contributed by atoms with Gasteiger partial charge in [-0.05, 0) is 23.3 Å². The lowest BCUT2D eigenvalue weighted by Crippen LogP contribution is -2.31. The van der Waals surface area contributed by atoms with Gasteiger partial charge in [-0.1, -0.05) is 47.6 Å². The molecule has 1 atom stereocenters. The Balaban J connectivity index is 1.59. The number of oxime groups is 1. The van der Waals surface area contributed by atoms with Crippen molar-refractivity contribution in [1.29, 1.82) is 0 Å².